The summed E-state index contributed by atoms with van der Waals surface area (Å²) in [6.07, 6.45) is -0.869. The average Bonchev–Trinajstić information content (AvgIpc) is 2.70. The lowest BCUT2D eigenvalue weighted by molar-refractivity contribution is 0.0536. The minimum Gasteiger partial charge on any atom is -0.492 e. The van der Waals surface area contributed by atoms with Crippen LogP contribution in [0.4, 0.5) is 0 Å². The fraction of sp³-hybridized carbons (Fsp3) is 0.455. The Balaban J connectivity index is 2.11. The van der Waals surface area contributed by atoms with Crippen LogP contribution >= 0.6 is 34.2 Å². The third-order valence-corrected chi connectivity index (χ3v) is 6.04. The Morgan fingerprint density at radius 2 is 1.68 bits per heavy atom. The molecule has 0 bridgehead atoms. The van der Waals surface area contributed by atoms with E-state index in [4.69, 9.17) is 26.2 Å². The second-order valence-electron chi connectivity index (χ2n) is 7.51. The predicted molar refractivity (Wildman–Crippen MR) is 122 cm³/mol. The molecule has 2 aromatic rings. The van der Waals surface area contributed by atoms with Gasteiger partial charge < -0.3 is 19.7 Å². The van der Waals surface area contributed by atoms with E-state index >= 15 is 0 Å². The summed E-state index contributed by atoms with van der Waals surface area (Å²) in [5, 5.41) is 18.2. The summed E-state index contributed by atoms with van der Waals surface area (Å²) >= 11 is 8.16. The molecule has 0 aliphatic heterocycles. The average molecular weight is 519 g/mol. The fourth-order valence-electron chi connectivity index (χ4n) is 2.66. The molecular formula is C22H28ClIO4. The highest BCUT2D eigenvalue weighted by atomic mass is 127. The van der Waals surface area contributed by atoms with Gasteiger partial charge in [-0.25, -0.2) is 0 Å². The van der Waals surface area contributed by atoms with E-state index in [0.717, 1.165) is 14.9 Å². The molecule has 28 heavy (non-hydrogen) atoms. The minimum atomic E-state index is -0.869. The third-order valence-electron chi connectivity index (χ3n) is 4.67. The molecule has 0 radical (unpaired) electrons. The smallest absolute Gasteiger partial charge is 0.132 e. The van der Waals surface area contributed by atoms with Crippen LogP contribution in [0.1, 0.15) is 31.9 Å². The molecule has 0 aliphatic rings. The van der Waals surface area contributed by atoms with Crippen molar-refractivity contribution in [3.05, 3.63) is 57.2 Å². The van der Waals surface area contributed by atoms with Crippen molar-refractivity contribution in [2.24, 2.45) is 5.92 Å². The van der Waals surface area contributed by atoms with Crippen LogP contribution in [-0.2, 0) is 5.41 Å². The molecular weight excluding hydrogens is 491 g/mol. The molecule has 2 aromatic carbocycles. The number of aliphatic hydroxyl groups is 2. The van der Waals surface area contributed by atoms with E-state index in [9.17, 15) is 5.11 Å². The first kappa shape index (κ1) is 23.3. The van der Waals surface area contributed by atoms with Gasteiger partial charge in [0.2, 0.25) is 0 Å². The number of rotatable bonds is 10. The Bertz CT molecular complexity index is 749. The predicted octanol–water partition coefficient (Wildman–Crippen LogP) is 4.60. The number of halogens is 2. The second-order valence-corrected chi connectivity index (χ2v) is 8.98. The topological polar surface area (TPSA) is 58.9 Å². The van der Waals surface area contributed by atoms with Gasteiger partial charge in [0.05, 0.1) is 16.8 Å². The van der Waals surface area contributed by atoms with Gasteiger partial charge >= 0.3 is 0 Å². The maximum Gasteiger partial charge on any atom is 0.132 e. The van der Waals surface area contributed by atoms with Crippen LogP contribution in [0, 0.1) is 9.49 Å². The van der Waals surface area contributed by atoms with Crippen LogP contribution in [0.25, 0.3) is 0 Å². The third kappa shape index (κ3) is 6.24. The normalized spacial score (nSPS) is 13.8. The molecule has 0 aromatic heterocycles. The number of hydrogen-bond donors (Lipinski definition) is 2. The zero-order chi connectivity index (χ0) is 20.7. The largest absolute Gasteiger partial charge is 0.492 e. The lowest BCUT2D eigenvalue weighted by Crippen LogP contribution is -2.21. The molecule has 2 rings (SSSR count). The van der Waals surface area contributed by atoms with Crippen molar-refractivity contribution >= 4 is 34.2 Å². The zero-order valence-corrected chi connectivity index (χ0v) is 19.4. The first-order valence-corrected chi connectivity index (χ1v) is 10.9. The van der Waals surface area contributed by atoms with E-state index < -0.39 is 6.10 Å². The Labute approximate surface area is 186 Å². The SMILES string of the molecule is CC(CCl)COc1ccc(C(C)(C)c2ccc(OCC(O)CO)cc2)cc1I. The van der Waals surface area contributed by atoms with E-state index in [1.165, 1.54) is 5.56 Å². The zero-order valence-electron chi connectivity index (χ0n) is 16.5. The molecule has 6 heteroatoms. The van der Waals surface area contributed by atoms with Gasteiger partial charge in [-0.2, -0.15) is 0 Å². The summed E-state index contributed by atoms with van der Waals surface area (Å²) in [6.45, 7) is 6.79. The minimum absolute atomic E-state index is 0.0707. The molecule has 2 N–H and O–H groups in total. The van der Waals surface area contributed by atoms with E-state index in [2.05, 4.69) is 55.5 Å². The van der Waals surface area contributed by atoms with Crippen LogP contribution in [-0.4, -0.2) is 42.0 Å². The van der Waals surface area contributed by atoms with Crippen molar-refractivity contribution in [2.45, 2.75) is 32.3 Å². The maximum absolute atomic E-state index is 9.39. The second kappa shape index (κ2) is 10.7. The lowest BCUT2D eigenvalue weighted by atomic mass is 9.78. The maximum atomic E-state index is 9.39. The van der Waals surface area contributed by atoms with Crippen molar-refractivity contribution < 1.29 is 19.7 Å². The summed E-state index contributed by atoms with van der Waals surface area (Å²) in [6, 6.07) is 14.1. The van der Waals surface area contributed by atoms with Crippen molar-refractivity contribution in [1.82, 2.24) is 0 Å². The Morgan fingerprint density at radius 3 is 2.25 bits per heavy atom. The number of aliphatic hydroxyl groups excluding tert-OH is 2. The molecule has 0 amide bonds. The number of alkyl halides is 1. The van der Waals surface area contributed by atoms with Gasteiger partial charge in [-0.15, -0.1) is 11.6 Å². The standard InChI is InChI=1S/C22H28ClIO4/c1-15(11-23)13-28-21-9-6-17(10-20(21)24)22(2,3)16-4-7-19(8-5-16)27-14-18(26)12-25/h4-10,15,18,25-26H,11-14H2,1-3H3. The summed E-state index contributed by atoms with van der Waals surface area (Å²) in [5.74, 6) is 2.44. The van der Waals surface area contributed by atoms with Gasteiger partial charge in [0, 0.05) is 17.2 Å². The van der Waals surface area contributed by atoms with Gasteiger partial charge in [0.1, 0.15) is 24.2 Å². The fourth-order valence-corrected chi connectivity index (χ4v) is 3.42. The molecule has 0 fully saturated rings. The molecule has 0 saturated carbocycles. The van der Waals surface area contributed by atoms with Gasteiger partial charge in [0.15, 0.2) is 0 Å². The number of benzene rings is 2. The summed E-state index contributed by atoms with van der Waals surface area (Å²) in [7, 11) is 0. The highest BCUT2D eigenvalue weighted by molar-refractivity contribution is 14.1. The van der Waals surface area contributed by atoms with Gasteiger partial charge in [0.25, 0.3) is 0 Å². The molecule has 0 aliphatic carbocycles. The van der Waals surface area contributed by atoms with Gasteiger partial charge in [-0.05, 0) is 58.0 Å². The Kier molecular flexibility index (Phi) is 8.86. The van der Waals surface area contributed by atoms with Gasteiger partial charge in [-0.3, -0.25) is 0 Å². The molecule has 0 saturated heterocycles. The summed E-state index contributed by atoms with van der Waals surface area (Å²) in [5.41, 5.74) is 2.16. The van der Waals surface area contributed by atoms with Crippen molar-refractivity contribution in [3.8, 4) is 11.5 Å². The number of hydrogen-bond acceptors (Lipinski definition) is 4. The van der Waals surface area contributed by atoms with E-state index in [-0.39, 0.29) is 18.6 Å². The summed E-state index contributed by atoms with van der Waals surface area (Å²) in [4.78, 5) is 0. The highest BCUT2D eigenvalue weighted by Gasteiger charge is 2.24. The quantitative estimate of drug-likeness (QED) is 0.356. The first-order chi connectivity index (χ1) is 13.3. The lowest BCUT2D eigenvalue weighted by Gasteiger charge is -2.27. The molecule has 4 nitrogen and oxygen atoms in total. The van der Waals surface area contributed by atoms with Gasteiger partial charge in [-0.1, -0.05) is 39.0 Å². The Hall–Kier alpha value is -1.02. The summed E-state index contributed by atoms with van der Waals surface area (Å²) < 4.78 is 12.4. The van der Waals surface area contributed by atoms with Crippen molar-refractivity contribution in [1.29, 1.82) is 0 Å². The van der Waals surface area contributed by atoms with Crippen molar-refractivity contribution in [3.63, 3.8) is 0 Å². The highest BCUT2D eigenvalue weighted by Crippen LogP contribution is 2.35. The molecule has 2 atom stereocenters. The first-order valence-electron chi connectivity index (χ1n) is 9.29. The van der Waals surface area contributed by atoms with E-state index in [0.29, 0.717) is 24.2 Å². The molecule has 154 valence electrons. The van der Waals surface area contributed by atoms with Crippen LogP contribution in [0.15, 0.2) is 42.5 Å². The van der Waals surface area contributed by atoms with E-state index in [1.54, 1.807) is 0 Å². The monoisotopic (exact) mass is 518 g/mol. The van der Waals surface area contributed by atoms with Crippen LogP contribution in [0.3, 0.4) is 0 Å². The number of ether oxygens (including phenoxy) is 2. The van der Waals surface area contributed by atoms with Crippen LogP contribution < -0.4 is 9.47 Å². The van der Waals surface area contributed by atoms with Crippen LogP contribution in [0.2, 0.25) is 0 Å². The molecule has 0 heterocycles. The van der Waals surface area contributed by atoms with Crippen molar-refractivity contribution in [2.75, 3.05) is 25.7 Å². The van der Waals surface area contributed by atoms with Crippen LogP contribution in [0.5, 0.6) is 11.5 Å². The Morgan fingerprint density at radius 1 is 1.04 bits per heavy atom. The molecule has 0 spiro atoms. The van der Waals surface area contributed by atoms with E-state index in [1.807, 2.05) is 30.3 Å². The molecule has 2 unspecified atom stereocenters.